The van der Waals surface area contributed by atoms with Gasteiger partial charge in [0.25, 0.3) is 0 Å². The average molecular weight is 329 g/mol. The van der Waals surface area contributed by atoms with E-state index in [-0.39, 0.29) is 5.91 Å². The van der Waals surface area contributed by atoms with Crippen molar-refractivity contribution in [2.75, 3.05) is 13.1 Å². The van der Waals surface area contributed by atoms with Gasteiger partial charge in [0.05, 0.1) is 0 Å². The van der Waals surface area contributed by atoms with Gasteiger partial charge < -0.3 is 5.32 Å². The zero-order valence-electron chi connectivity index (χ0n) is 14.8. The molecular weight excluding hydrogens is 298 g/mol. The Hall–Kier alpha value is -1.42. The molecule has 1 saturated heterocycles. The van der Waals surface area contributed by atoms with E-state index in [0.717, 1.165) is 31.1 Å². The number of hydrogen-bond donors (Lipinski definition) is 1. The van der Waals surface area contributed by atoms with Crippen LogP contribution in [0.1, 0.15) is 63.5 Å². The molecule has 0 aromatic carbocycles. The Morgan fingerprint density at radius 1 is 1.12 bits per heavy atom. The lowest BCUT2D eigenvalue weighted by Gasteiger charge is -2.38. The molecule has 2 fully saturated rings. The summed E-state index contributed by atoms with van der Waals surface area (Å²) in [5, 5.41) is 3.27. The summed E-state index contributed by atoms with van der Waals surface area (Å²) in [6.45, 7) is 2.25. The quantitative estimate of drug-likeness (QED) is 0.843. The van der Waals surface area contributed by atoms with E-state index in [1.54, 1.807) is 6.20 Å². The SMILES string of the molecule is O=C(CCc1ccccn1)NC1CCCN(C2CCCCCC2)C1. The first kappa shape index (κ1) is 17.4. The second-order valence-electron chi connectivity index (χ2n) is 7.37. The molecule has 4 heteroatoms. The molecule has 1 atom stereocenters. The van der Waals surface area contributed by atoms with Gasteiger partial charge in [-0.2, -0.15) is 0 Å². The van der Waals surface area contributed by atoms with E-state index in [2.05, 4.69) is 15.2 Å². The average Bonchev–Trinajstić information content (AvgIpc) is 2.91. The molecule has 1 saturated carbocycles. The molecule has 4 nitrogen and oxygen atoms in total. The van der Waals surface area contributed by atoms with Crippen molar-refractivity contribution in [2.24, 2.45) is 0 Å². The number of aryl methyl sites for hydroxylation is 1. The van der Waals surface area contributed by atoms with Crippen LogP contribution in [0.15, 0.2) is 24.4 Å². The molecule has 3 rings (SSSR count). The second kappa shape index (κ2) is 9.16. The summed E-state index contributed by atoms with van der Waals surface area (Å²) in [7, 11) is 0. The highest BCUT2D eigenvalue weighted by Gasteiger charge is 2.27. The number of aromatic nitrogens is 1. The van der Waals surface area contributed by atoms with Crippen molar-refractivity contribution in [3.8, 4) is 0 Å². The van der Waals surface area contributed by atoms with Crippen molar-refractivity contribution in [3.63, 3.8) is 0 Å². The van der Waals surface area contributed by atoms with Crippen molar-refractivity contribution >= 4 is 5.91 Å². The number of piperidine rings is 1. The van der Waals surface area contributed by atoms with Crippen LogP contribution >= 0.6 is 0 Å². The maximum Gasteiger partial charge on any atom is 0.220 e. The standard InChI is InChI=1S/C20H31N3O/c24-20(13-12-17-8-5-6-14-21-17)22-18-9-7-15-23(16-18)19-10-3-1-2-4-11-19/h5-6,8,14,18-19H,1-4,7,9-13,15-16H2,(H,22,24). The van der Waals surface area contributed by atoms with Crippen molar-refractivity contribution in [1.82, 2.24) is 15.2 Å². The molecular formula is C20H31N3O. The fraction of sp³-hybridized carbons (Fsp3) is 0.700. The Bertz CT molecular complexity index is 497. The zero-order valence-corrected chi connectivity index (χ0v) is 14.8. The maximum absolute atomic E-state index is 12.3. The van der Waals surface area contributed by atoms with Crippen LogP contribution in [-0.4, -0.2) is 41.0 Å². The van der Waals surface area contributed by atoms with E-state index in [9.17, 15) is 4.79 Å². The molecule has 1 aromatic heterocycles. The first-order valence-electron chi connectivity index (χ1n) is 9.74. The van der Waals surface area contributed by atoms with E-state index in [1.807, 2.05) is 18.2 Å². The lowest BCUT2D eigenvalue weighted by Crippen LogP contribution is -2.50. The van der Waals surface area contributed by atoms with E-state index in [4.69, 9.17) is 0 Å². The normalized spacial score (nSPS) is 23.6. The molecule has 24 heavy (non-hydrogen) atoms. The molecule has 2 aliphatic rings. The lowest BCUT2D eigenvalue weighted by atomic mass is 9.99. The number of nitrogens with zero attached hydrogens (tertiary/aromatic N) is 2. The molecule has 1 aliphatic carbocycles. The first-order valence-corrected chi connectivity index (χ1v) is 9.74. The molecule has 1 N–H and O–H groups in total. The summed E-state index contributed by atoms with van der Waals surface area (Å²) in [6.07, 6.45) is 13.6. The molecule has 2 heterocycles. The van der Waals surface area contributed by atoms with Gasteiger partial charge in [0.2, 0.25) is 5.91 Å². The number of carbonyl (C=O) groups excluding carboxylic acids is 1. The number of likely N-dealkylation sites (tertiary alicyclic amines) is 1. The smallest absolute Gasteiger partial charge is 0.220 e. The van der Waals surface area contributed by atoms with Gasteiger partial charge in [-0.1, -0.05) is 31.7 Å². The second-order valence-corrected chi connectivity index (χ2v) is 7.37. The summed E-state index contributed by atoms with van der Waals surface area (Å²) in [6, 6.07) is 6.96. The van der Waals surface area contributed by atoms with E-state index >= 15 is 0 Å². The highest BCUT2D eigenvalue weighted by Crippen LogP contribution is 2.24. The number of hydrogen-bond acceptors (Lipinski definition) is 3. The van der Waals surface area contributed by atoms with Crippen LogP contribution in [0.25, 0.3) is 0 Å². The van der Waals surface area contributed by atoms with Crippen LogP contribution in [0.2, 0.25) is 0 Å². The molecule has 132 valence electrons. The predicted molar refractivity (Wildman–Crippen MR) is 96.8 cm³/mol. The van der Waals surface area contributed by atoms with Gasteiger partial charge in [0.15, 0.2) is 0 Å². The number of pyridine rings is 1. The third-order valence-corrected chi connectivity index (χ3v) is 5.49. The largest absolute Gasteiger partial charge is 0.352 e. The molecule has 1 aliphatic heterocycles. The molecule has 0 radical (unpaired) electrons. The first-order chi connectivity index (χ1) is 11.8. The Morgan fingerprint density at radius 3 is 2.71 bits per heavy atom. The monoisotopic (exact) mass is 329 g/mol. The minimum Gasteiger partial charge on any atom is -0.352 e. The molecule has 1 unspecified atom stereocenters. The summed E-state index contributed by atoms with van der Waals surface area (Å²) in [5.41, 5.74) is 0.997. The predicted octanol–water partition coefficient (Wildman–Crippen LogP) is 3.32. The Balaban J connectivity index is 1.43. The van der Waals surface area contributed by atoms with Crippen LogP contribution in [0, 0.1) is 0 Å². The fourth-order valence-corrected chi connectivity index (χ4v) is 4.17. The van der Waals surface area contributed by atoms with Gasteiger partial charge in [-0.25, -0.2) is 0 Å². The van der Waals surface area contributed by atoms with Crippen molar-refractivity contribution in [2.45, 2.75) is 76.3 Å². The Kier molecular flexibility index (Phi) is 6.65. The minimum atomic E-state index is 0.174. The maximum atomic E-state index is 12.3. The van der Waals surface area contributed by atoms with Crippen LogP contribution in [0.3, 0.4) is 0 Å². The summed E-state index contributed by atoms with van der Waals surface area (Å²) in [5.74, 6) is 0.174. The van der Waals surface area contributed by atoms with Crippen molar-refractivity contribution in [1.29, 1.82) is 0 Å². The van der Waals surface area contributed by atoms with E-state index in [0.29, 0.717) is 12.5 Å². The highest BCUT2D eigenvalue weighted by atomic mass is 16.1. The fourth-order valence-electron chi connectivity index (χ4n) is 4.17. The summed E-state index contributed by atoms with van der Waals surface area (Å²) < 4.78 is 0. The minimum absolute atomic E-state index is 0.174. The third kappa shape index (κ3) is 5.30. The number of carbonyl (C=O) groups is 1. The summed E-state index contributed by atoms with van der Waals surface area (Å²) in [4.78, 5) is 19.2. The summed E-state index contributed by atoms with van der Waals surface area (Å²) >= 11 is 0. The molecule has 0 spiro atoms. The zero-order chi connectivity index (χ0) is 16.6. The number of nitrogens with one attached hydrogen (secondary N) is 1. The van der Waals surface area contributed by atoms with Gasteiger partial charge in [0.1, 0.15) is 0 Å². The van der Waals surface area contributed by atoms with Crippen LogP contribution in [0.5, 0.6) is 0 Å². The van der Waals surface area contributed by atoms with Gasteiger partial charge in [-0.3, -0.25) is 14.7 Å². The molecule has 0 bridgehead atoms. The van der Waals surface area contributed by atoms with Crippen molar-refractivity contribution in [3.05, 3.63) is 30.1 Å². The topological polar surface area (TPSA) is 45.2 Å². The third-order valence-electron chi connectivity index (χ3n) is 5.49. The highest BCUT2D eigenvalue weighted by molar-refractivity contribution is 5.76. The number of rotatable bonds is 5. The van der Waals surface area contributed by atoms with Crippen LogP contribution in [0.4, 0.5) is 0 Å². The van der Waals surface area contributed by atoms with Crippen molar-refractivity contribution < 1.29 is 4.79 Å². The molecule has 1 amide bonds. The Labute approximate surface area is 146 Å². The van der Waals surface area contributed by atoms with E-state index < -0.39 is 0 Å². The lowest BCUT2D eigenvalue weighted by molar-refractivity contribution is -0.122. The van der Waals surface area contributed by atoms with Gasteiger partial charge in [0, 0.05) is 36.9 Å². The Morgan fingerprint density at radius 2 is 1.96 bits per heavy atom. The number of amides is 1. The molecule has 1 aromatic rings. The van der Waals surface area contributed by atoms with Crippen LogP contribution in [-0.2, 0) is 11.2 Å². The van der Waals surface area contributed by atoms with E-state index in [1.165, 1.54) is 51.5 Å². The van der Waals surface area contributed by atoms with Gasteiger partial charge in [-0.15, -0.1) is 0 Å². The van der Waals surface area contributed by atoms with Crippen LogP contribution < -0.4 is 5.32 Å². The van der Waals surface area contributed by atoms with Gasteiger partial charge in [-0.05, 0) is 50.8 Å². The van der Waals surface area contributed by atoms with Gasteiger partial charge >= 0.3 is 0 Å².